The highest BCUT2D eigenvalue weighted by Crippen LogP contribution is 2.51. The fourth-order valence-corrected chi connectivity index (χ4v) is 5.86. The first-order valence-corrected chi connectivity index (χ1v) is 12.1. The van der Waals surface area contributed by atoms with Gasteiger partial charge < -0.3 is 14.5 Å². The van der Waals surface area contributed by atoms with Crippen LogP contribution < -0.4 is 0 Å². The molecule has 9 nitrogen and oxygen atoms in total. The quantitative estimate of drug-likeness (QED) is 0.439. The lowest BCUT2D eigenvalue weighted by molar-refractivity contribution is -0.167. The van der Waals surface area contributed by atoms with Crippen LogP contribution in [-0.2, 0) is 35.3 Å². The van der Waals surface area contributed by atoms with Crippen molar-refractivity contribution in [3.8, 4) is 0 Å². The van der Waals surface area contributed by atoms with Crippen LogP contribution in [-0.4, -0.2) is 76.1 Å². The predicted molar refractivity (Wildman–Crippen MR) is 132 cm³/mol. The molecule has 3 unspecified atom stereocenters. The number of ether oxygens (including phenoxy) is 1. The van der Waals surface area contributed by atoms with Gasteiger partial charge in [-0.25, -0.2) is 0 Å². The molecule has 2 aromatic carbocycles. The second-order valence-corrected chi connectivity index (χ2v) is 9.66. The Labute approximate surface area is 214 Å². The maximum Gasteiger partial charge on any atom is 0.325 e. The molecule has 2 aromatic rings. The van der Waals surface area contributed by atoms with E-state index < -0.39 is 53.7 Å². The second kappa shape index (κ2) is 9.31. The maximum absolute atomic E-state index is 14.0. The molecule has 0 saturated carbocycles. The fourth-order valence-electron chi connectivity index (χ4n) is 5.86. The summed E-state index contributed by atoms with van der Waals surface area (Å²) in [7, 11) is 1.17. The molecule has 5 rings (SSSR count). The molecule has 3 saturated heterocycles. The molecule has 4 amide bonds. The number of esters is 1. The van der Waals surface area contributed by atoms with E-state index in [0.717, 1.165) is 16.0 Å². The molecule has 190 valence electrons. The molecular formula is C28H27N3O6. The van der Waals surface area contributed by atoms with Gasteiger partial charge in [-0.15, -0.1) is 0 Å². The van der Waals surface area contributed by atoms with Crippen LogP contribution in [0.4, 0.5) is 0 Å². The Balaban J connectivity index is 1.56. The minimum absolute atomic E-state index is 0.160. The molecule has 3 aliphatic heterocycles. The van der Waals surface area contributed by atoms with Crippen molar-refractivity contribution in [2.75, 3.05) is 20.2 Å². The summed E-state index contributed by atoms with van der Waals surface area (Å²) in [5.74, 6) is -4.83. The largest absolute Gasteiger partial charge is 0.468 e. The lowest BCUT2D eigenvalue weighted by Gasteiger charge is -2.46. The normalized spacial score (nSPS) is 27.2. The number of piperazine rings is 1. The van der Waals surface area contributed by atoms with Gasteiger partial charge in [0, 0.05) is 6.54 Å². The monoisotopic (exact) mass is 501 g/mol. The van der Waals surface area contributed by atoms with Crippen molar-refractivity contribution in [3.63, 3.8) is 0 Å². The third kappa shape index (κ3) is 3.91. The van der Waals surface area contributed by atoms with Gasteiger partial charge in [0.2, 0.25) is 23.6 Å². The van der Waals surface area contributed by atoms with Crippen LogP contribution in [0.5, 0.6) is 0 Å². The van der Waals surface area contributed by atoms with Gasteiger partial charge in [0.1, 0.15) is 18.6 Å². The second-order valence-electron chi connectivity index (χ2n) is 9.66. The number of methoxy groups -OCH3 is 1. The third-order valence-electron chi connectivity index (χ3n) is 7.55. The van der Waals surface area contributed by atoms with Crippen LogP contribution >= 0.6 is 0 Å². The summed E-state index contributed by atoms with van der Waals surface area (Å²) in [4.78, 5) is 70.5. The van der Waals surface area contributed by atoms with E-state index in [-0.39, 0.29) is 19.0 Å². The van der Waals surface area contributed by atoms with Gasteiger partial charge in [-0.1, -0.05) is 72.8 Å². The number of likely N-dealkylation sites (tertiary alicyclic amines) is 1. The van der Waals surface area contributed by atoms with Crippen molar-refractivity contribution in [2.45, 2.75) is 25.0 Å². The third-order valence-corrected chi connectivity index (χ3v) is 7.55. The average molecular weight is 502 g/mol. The lowest BCUT2D eigenvalue weighted by atomic mass is 9.79. The van der Waals surface area contributed by atoms with Crippen LogP contribution in [0.1, 0.15) is 18.1 Å². The maximum atomic E-state index is 14.0. The summed E-state index contributed by atoms with van der Waals surface area (Å²) in [5, 5.41) is 0. The molecular weight excluding hydrogens is 474 g/mol. The SMILES string of the molecule is COC(=O)CN1C(=O)C2C(C=Cc3ccccc3)N3C(=O)CN(Cc4ccccc4)C(=O)[C@@]3(C)C2C1=O. The van der Waals surface area contributed by atoms with Crippen LogP contribution in [0.2, 0.25) is 0 Å². The highest BCUT2D eigenvalue weighted by Gasteiger charge is 2.72. The van der Waals surface area contributed by atoms with E-state index in [9.17, 15) is 24.0 Å². The van der Waals surface area contributed by atoms with Crippen LogP contribution in [0, 0.1) is 11.8 Å². The lowest BCUT2D eigenvalue weighted by Crippen LogP contribution is -2.68. The summed E-state index contributed by atoms with van der Waals surface area (Å²) in [5.41, 5.74) is 0.104. The number of fused-ring (bicyclic) bond motifs is 3. The minimum Gasteiger partial charge on any atom is -0.468 e. The number of amides is 4. The summed E-state index contributed by atoms with van der Waals surface area (Å²) in [6, 6.07) is 17.8. The molecule has 3 heterocycles. The van der Waals surface area contributed by atoms with Gasteiger partial charge in [0.25, 0.3) is 0 Å². The van der Waals surface area contributed by atoms with E-state index in [1.54, 1.807) is 19.1 Å². The van der Waals surface area contributed by atoms with Gasteiger partial charge in [-0.05, 0) is 18.1 Å². The zero-order valence-electron chi connectivity index (χ0n) is 20.6. The summed E-state index contributed by atoms with van der Waals surface area (Å²) >= 11 is 0. The van der Waals surface area contributed by atoms with Crippen molar-refractivity contribution in [2.24, 2.45) is 11.8 Å². The Morgan fingerprint density at radius 3 is 2.30 bits per heavy atom. The number of imide groups is 1. The topological polar surface area (TPSA) is 104 Å². The fraction of sp³-hybridized carbons (Fsp3) is 0.321. The zero-order valence-corrected chi connectivity index (χ0v) is 20.6. The Morgan fingerprint density at radius 2 is 1.65 bits per heavy atom. The van der Waals surface area contributed by atoms with Crippen LogP contribution in [0.15, 0.2) is 66.7 Å². The van der Waals surface area contributed by atoms with E-state index in [4.69, 9.17) is 0 Å². The molecule has 37 heavy (non-hydrogen) atoms. The average Bonchev–Trinajstić information content (AvgIpc) is 3.32. The summed E-state index contributed by atoms with van der Waals surface area (Å²) in [6.45, 7) is 1.06. The molecule has 0 aromatic heterocycles. The van der Waals surface area contributed by atoms with E-state index in [1.165, 1.54) is 16.9 Å². The molecule has 4 atom stereocenters. The first kappa shape index (κ1) is 24.4. The highest BCUT2D eigenvalue weighted by atomic mass is 16.5. The van der Waals surface area contributed by atoms with Gasteiger partial charge in [0.15, 0.2) is 0 Å². The molecule has 9 heteroatoms. The van der Waals surface area contributed by atoms with Crippen molar-refractivity contribution in [3.05, 3.63) is 77.9 Å². The van der Waals surface area contributed by atoms with Crippen LogP contribution in [0.3, 0.4) is 0 Å². The molecule has 0 radical (unpaired) electrons. The number of rotatable bonds is 6. The predicted octanol–water partition coefficient (Wildman–Crippen LogP) is 1.49. The molecule has 0 spiro atoms. The van der Waals surface area contributed by atoms with Crippen LogP contribution in [0.25, 0.3) is 6.08 Å². The smallest absolute Gasteiger partial charge is 0.325 e. The van der Waals surface area contributed by atoms with E-state index in [0.29, 0.717) is 0 Å². The van der Waals surface area contributed by atoms with Gasteiger partial charge in [0.05, 0.1) is 25.0 Å². The van der Waals surface area contributed by atoms with E-state index >= 15 is 0 Å². The molecule has 0 aliphatic carbocycles. The Bertz CT molecular complexity index is 1290. The first-order chi connectivity index (χ1) is 17.8. The number of carbonyl (C=O) groups is 5. The highest BCUT2D eigenvalue weighted by molar-refractivity contribution is 6.13. The number of benzene rings is 2. The van der Waals surface area contributed by atoms with Crippen molar-refractivity contribution in [1.29, 1.82) is 0 Å². The molecule has 3 fully saturated rings. The summed E-state index contributed by atoms with van der Waals surface area (Å²) in [6.07, 6.45) is 3.49. The van der Waals surface area contributed by atoms with E-state index in [1.807, 2.05) is 60.7 Å². The Hall–Kier alpha value is -4.27. The number of nitrogens with zero attached hydrogens (tertiary/aromatic N) is 3. The number of hydrogen-bond acceptors (Lipinski definition) is 6. The number of hydrogen-bond donors (Lipinski definition) is 0. The van der Waals surface area contributed by atoms with Gasteiger partial charge in [-0.2, -0.15) is 0 Å². The number of carbonyl (C=O) groups excluding carboxylic acids is 5. The molecule has 3 aliphatic rings. The Morgan fingerprint density at radius 1 is 1.00 bits per heavy atom. The minimum atomic E-state index is -1.59. The Kier molecular flexibility index (Phi) is 6.15. The zero-order chi connectivity index (χ0) is 26.3. The summed E-state index contributed by atoms with van der Waals surface area (Å²) < 4.78 is 4.68. The van der Waals surface area contributed by atoms with Gasteiger partial charge in [-0.3, -0.25) is 28.9 Å². The molecule has 0 bridgehead atoms. The van der Waals surface area contributed by atoms with Crippen molar-refractivity contribution >= 4 is 35.7 Å². The molecule has 0 N–H and O–H groups in total. The van der Waals surface area contributed by atoms with Gasteiger partial charge >= 0.3 is 5.97 Å². The van der Waals surface area contributed by atoms with E-state index in [2.05, 4.69) is 4.74 Å². The van der Waals surface area contributed by atoms with Crippen molar-refractivity contribution < 1.29 is 28.7 Å². The van der Waals surface area contributed by atoms with Crippen molar-refractivity contribution in [1.82, 2.24) is 14.7 Å². The first-order valence-electron chi connectivity index (χ1n) is 12.1. The standard InChI is InChI=1S/C28H27N3O6/c1-28-24-23(25(34)30(26(24)35)17-22(33)37-2)20(14-13-18-9-5-3-6-10-18)31(28)21(32)16-29(27(28)36)15-19-11-7-4-8-12-19/h3-14,20,23-24H,15-17H2,1-2H3/t20?,23?,24?,28-/m1/s1.